The lowest BCUT2D eigenvalue weighted by molar-refractivity contribution is 0.386. The van der Waals surface area contributed by atoms with Gasteiger partial charge in [-0.2, -0.15) is 0 Å². The van der Waals surface area contributed by atoms with Gasteiger partial charge >= 0.3 is 0 Å². The van der Waals surface area contributed by atoms with Crippen molar-refractivity contribution >= 4 is 0 Å². The second-order valence-corrected chi connectivity index (χ2v) is 3.59. The predicted molar refractivity (Wildman–Crippen MR) is 58.6 cm³/mol. The monoisotopic (exact) mass is 179 g/mol. The van der Waals surface area contributed by atoms with Gasteiger partial charge < -0.3 is 4.90 Å². The smallest absolute Gasteiger partial charge is 0.0322 e. The average molecular weight is 179 g/mol. The van der Waals surface area contributed by atoms with Crippen LogP contribution in [0.15, 0.2) is 23.9 Å². The third kappa shape index (κ3) is 2.61. The maximum absolute atomic E-state index is 4.18. The summed E-state index contributed by atoms with van der Waals surface area (Å²) in [7, 11) is 0. The highest BCUT2D eigenvalue weighted by Crippen LogP contribution is 2.24. The standard InChI is InChI=1S/C12H21N/c1-4-13(5-2)11(3)12-9-7-6-8-10-12/h9H,3-8,10H2,1-2H3. The Bertz CT molecular complexity index is 199. The van der Waals surface area contributed by atoms with Gasteiger partial charge in [0.25, 0.3) is 0 Å². The third-order valence-electron chi connectivity index (χ3n) is 2.81. The molecule has 0 aliphatic heterocycles. The van der Waals surface area contributed by atoms with E-state index in [-0.39, 0.29) is 0 Å². The quantitative estimate of drug-likeness (QED) is 0.639. The number of hydrogen-bond acceptors (Lipinski definition) is 1. The number of nitrogens with zero attached hydrogens (tertiary/aromatic N) is 1. The van der Waals surface area contributed by atoms with E-state index in [1.54, 1.807) is 0 Å². The van der Waals surface area contributed by atoms with Gasteiger partial charge in [-0.05, 0) is 45.1 Å². The fraction of sp³-hybridized carbons (Fsp3) is 0.667. The Balaban J connectivity index is 2.59. The van der Waals surface area contributed by atoms with E-state index >= 15 is 0 Å². The summed E-state index contributed by atoms with van der Waals surface area (Å²) in [5.41, 5.74) is 2.74. The van der Waals surface area contributed by atoms with Gasteiger partial charge in [-0.1, -0.05) is 12.7 Å². The zero-order valence-corrected chi connectivity index (χ0v) is 8.97. The molecule has 0 fully saturated rings. The van der Waals surface area contributed by atoms with Crippen LogP contribution in [0.1, 0.15) is 39.5 Å². The van der Waals surface area contributed by atoms with Crippen LogP contribution in [0.3, 0.4) is 0 Å². The molecule has 0 saturated heterocycles. The Labute approximate surface area is 82.1 Å². The first-order valence-electron chi connectivity index (χ1n) is 5.42. The van der Waals surface area contributed by atoms with Crippen molar-refractivity contribution < 1.29 is 0 Å². The lowest BCUT2D eigenvalue weighted by Crippen LogP contribution is -2.23. The molecule has 1 rings (SSSR count). The maximum Gasteiger partial charge on any atom is 0.0322 e. The van der Waals surface area contributed by atoms with Crippen molar-refractivity contribution in [1.82, 2.24) is 4.90 Å². The molecule has 0 aromatic carbocycles. The van der Waals surface area contributed by atoms with Crippen LogP contribution in [-0.4, -0.2) is 18.0 Å². The Hall–Kier alpha value is -0.720. The first-order chi connectivity index (χ1) is 6.29. The molecule has 0 N–H and O–H groups in total. The van der Waals surface area contributed by atoms with E-state index < -0.39 is 0 Å². The van der Waals surface area contributed by atoms with Gasteiger partial charge in [-0.15, -0.1) is 0 Å². The topological polar surface area (TPSA) is 3.24 Å². The van der Waals surface area contributed by atoms with Crippen molar-refractivity contribution in [2.75, 3.05) is 13.1 Å². The Kier molecular flexibility index (Phi) is 4.07. The molecular formula is C12H21N. The minimum atomic E-state index is 1.08. The second-order valence-electron chi connectivity index (χ2n) is 3.59. The summed E-state index contributed by atoms with van der Waals surface area (Å²) in [6.07, 6.45) is 7.54. The molecule has 1 aliphatic carbocycles. The first kappa shape index (κ1) is 10.4. The number of rotatable bonds is 4. The lowest BCUT2D eigenvalue weighted by Gasteiger charge is -2.26. The predicted octanol–water partition coefficient (Wildman–Crippen LogP) is 3.34. The summed E-state index contributed by atoms with van der Waals surface area (Å²) in [6.45, 7) is 10.7. The molecule has 0 amide bonds. The lowest BCUT2D eigenvalue weighted by atomic mass is 9.97. The molecule has 1 nitrogen and oxygen atoms in total. The second kappa shape index (κ2) is 5.11. The Morgan fingerprint density at radius 2 is 2.08 bits per heavy atom. The summed E-state index contributed by atoms with van der Waals surface area (Å²) in [6, 6.07) is 0. The van der Waals surface area contributed by atoms with Gasteiger partial charge in [0.1, 0.15) is 0 Å². The highest BCUT2D eigenvalue weighted by Gasteiger charge is 2.10. The molecule has 0 aromatic heterocycles. The van der Waals surface area contributed by atoms with Gasteiger partial charge in [0, 0.05) is 18.8 Å². The van der Waals surface area contributed by atoms with Gasteiger partial charge in [0.15, 0.2) is 0 Å². The molecule has 0 spiro atoms. The van der Waals surface area contributed by atoms with Gasteiger partial charge in [-0.25, -0.2) is 0 Å². The fourth-order valence-electron chi connectivity index (χ4n) is 1.91. The minimum absolute atomic E-state index is 1.08. The molecule has 0 saturated carbocycles. The van der Waals surface area contributed by atoms with Gasteiger partial charge in [-0.3, -0.25) is 0 Å². The molecule has 1 aliphatic rings. The van der Waals surface area contributed by atoms with Crippen LogP contribution in [-0.2, 0) is 0 Å². The highest BCUT2D eigenvalue weighted by molar-refractivity contribution is 5.28. The van der Waals surface area contributed by atoms with E-state index in [2.05, 4.69) is 31.4 Å². The maximum atomic E-state index is 4.18. The van der Waals surface area contributed by atoms with Crippen LogP contribution < -0.4 is 0 Å². The van der Waals surface area contributed by atoms with Crippen molar-refractivity contribution in [2.24, 2.45) is 0 Å². The van der Waals surface area contributed by atoms with E-state index in [1.165, 1.54) is 37.0 Å². The third-order valence-corrected chi connectivity index (χ3v) is 2.81. The number of allylic oxidation sites excluding steroid dienone is 2. The molecule has 1 heteroatoms. The van der Waals surface area contributed by atoms with E-state index in [0.29, 0.717) is 0 Å². The molecule has 0 heterocycles. The summed E-state index contributed by atoms with van der Waals surface area (Å²) in [4.78, 5) is 2.34. The largest absolute Gasteiger partial charge is 0.372 e. The summed E-state index contributed by atoms with van der Waals surface area (Å²) in [5.74, 6) is 0. The van der Waals surface area contributed by atoms with Crippen LogP contribution in [0.5, 0.6) is 0 Å². The average Bonchev–Trinajstić information content (AvgIpc) is 2.21. The van der Waals surface area contributed by atoms with Crippen molar-refractivity contribution in [2.45, 2.75) is 39.5 Å². The minimum Gasteiger partial charge on any atom is -0.372 e. The number of hydrogen-bond donors (Lipinski definition) is 0. The number of likely N-dealkylation sites (N-methyl/N-ethyl adjacent to an activating group) is 1. The van der Waals surface area contributed by atoms with Gasteiger partial charge in [0.2, 0.25) is 0 Å². The molecular weight excluding hydrogens is 158 g/mol. The van der Waals surface area contributed by atoms with Crippen molar-refractivity contribution in [3.63, 3.8) is 0 Å². The Morgan fingerprint density at radius 1 is 1.38 bits per heavy atom. The molecule has 0 aromatic rings. The zero-order valence-electron chi connectivity index (χ0n) is 8.97. The molecule has 74 valence electrons. The SMILES string of the molecule is C=C(C1=CCCCC1)N(CC)CC. The zero-order chi connectivity index (χ0) is 9.68. The molecule has 0 radical (unpaired) electrons. The van der Waals surface area contributed by atoms with E-state index in [4.69, 9.17) is 0 Å². The van der Waals surface area contributed by atoms with Crippen LogP contribution >= 0.6 is 0 Å². The Morgan fingerprint density at radius 3 is 2.54 bits per heavy atom. The summed E-state index contributed by atoms with van der Waals surface area (Å²) >= 11 is 0. The van der Waals surface area contributed by atoms with E-state index in [0.717, 1.165) is 13.1 Å². The van der Waals surface area contributed by atoms with E-state index in [1.807, 2.05) is 0 Å². The summed E-state index contributed by atoms with van der Waals surface area (Å²) < 4.78 is 0. The van der Waals surface area contributed by atoms with Crippen molar-refractivity contribution in [1.29, 1.82) is 0 Å². The van der Waals surface area contributed by atoms with Crippen LogP contribution in [0.25, 0.3) is 0 Å². The molecule has 0 bridgehead atoms. The first-order valence-corrected chi connectivity index (χ1v) is 5.42. The van der Waals surface area contributed by atoms with Crippen LogP contribution in [0.2, 0.25) is 0 Å². The van der Waals surface area contributed by atoms with Crippen molar-refractivity contribution in [3.8, 4) is 0 Å². The normalized spacial score (nSPS) is 16.6. The van der Waals surface area contributed by atoms with Crippen molar-refractivity contribution in [3.05, 3.63) is 23.9 Å². The van der Waals surface area contributed by atoms with Gasteiger partial charge in [0.05, 0.1) is 0 Å². The van der Waals surface area contributed by atoms with Crippen LogP contribution in [0, 0.1) is 0 Å². The summed E-state index contributed by atoms with van der Waals surface area (Å²) in [5, 5.41) is 0. The van der Waals surface area contributed by atoms with E-state index in [9.17, 15) is 0 Å². The fourth-order valence-corrected chi connectivity index (χ4v) is 1.91. The molecule has 0 unspecified atom stereocenters. The van der Waals surface area contributed by atoms with Crippen LogP contribution in [0.4, 0.5) is 0 Å². The highest BCUT2D eigenvalue weighted by atomic mass is 15.1. The molecule has 0 atom stereocenters. The molecule has 13 heavy (non-hydrogen) atoms.